The van der Waals surface area contributed by atoms with Crippen LogP contribution in [0, 0.1) is 0 Å². The summed E-state index contributed by atoms with van der Waals surface area (Å²) in [6, 6.07) is 26.1. The van der Waals surface area contributed by atoms with Crippen molar-refractivity contribution < 1.29 is 0 Å². The monoisotopic (exact) mass is 589 g/mol. The Kier molecular flexibility index (Phi) is 14.3. The highest BCUT2D eigenvalue weighted by Gasteiger charge is 2.13. The molecule has 0 atom stereocenters. The van der Waals surface area contributed by atoms with Crippen LogP contribution >= 0.6 is 0 Å². The van der Waals surface area contributed by atoms with Gasteiger partial charge in [0, 0.05) is 65.2 Å². The summed E-state index contributed by atoms with van der Waals surface area (Å²) >= 11 is 0. The Morgan fingerprint density at radius 3 is 2.34 bits per heavy atom. The predicted octanol–water partition coefficient (Wildman–Crippen LogP) is 7.37. The van der Waals surface area contributed by atoms with Crippen LogP contribution in [0.1, 0.15) is 56.0 Å². The first-order chi connectivity index (χ1) is 21.6. The van der Waals surface area contributed by atoms with Crippen molar-refractivity contribution in [2.24, 2.45) is 0 Å². The lowest BCUT2D eigenvalue weighted by molar-refractivity contribution is 0.247. The largest absolute Gasteiger partial charge is 0.310 e. The standard InChI is InChI=1S/C39H51N5/c1-4-33(2)12-8-9-13-34(3)28-41-32-44(27-24-40-29-39-16-10-11-23-42-39)31-36-19-17-35(18-20-36)30-43-25-21-38(22-26-43)37-14-6-5-7-15-37/h5-21,23,40-41H,4,22,24-32H2,1-3H3/b9-8-,33-12?,34-13+. The van der Waals surface area contributed by atoms with Crippen molar-refractivity contribution in [2.75, 3.05) is 39.4 Å². The minimum atomic E-state index is 0.787. The molecule has 0 spiro atoms. The number of nitrogens with one attached hydrogen (secondary N) is 2. The Bertz CT molecular complexity index is 1360. The third-order valence-corrected chi connectivity index (χ3v) is 8.08. The van der Waals surface area contributed by atoms with Crippen LogP contribution in [0.4, 0.5) is 0 Å². The van der Waals surface area contributed by atoms with E-state index in [2.05, 4.69) is 137 Å². The molecule has 232 valence electrons. The van der Waals surface area contributed by atoms with Gasteiger partial charge < -0.3 is 10.6 Å². The van der Waals surface area contributed by atoms with Crippen LogP contribution in [-0.4, -0.2) is 54.2 Å². The zero-order valence-corrected chi connectivity index (χ0v) is 27.0. The second-order valence-corrected chi connectivity index (χ2v) is 11.8. The summed E-state index contributed by atoms with van der Waals surface area (Å²) < 4.78 is 0. The van der Waals surface area contributed by atoms with Crippen molar-refractivity contribution in [1.82, 2.24) is 25.4 Å². The molecule has 0 radical (unpaired) electrons. The molecule has 0 bridgehead atoms. The van der Waals surface area contributed by atoms with E-state index in [4.69, 9.17) is 0 Å². The molecule has 44 heavy (non-hydrogen) atoms. The second-order valence-electron chi connectivity index (χ2n) is 11.8. The van der Waals surface area contributed by atoms with E-state index < -0.39 is 0 Å². The average Bonchev–Trinajstić information content (AvgIpc) is 3.07. The van der Waals surface area contributed by atoms with Crippen LogP contribution < -0.4 is 10.6 Å². The average molecular weight is 590 g/mol. The summed E-state index contributed by atoms with van der Waals surface area (Å²) in [5.41, 5.74) is 9.35. The van der Waals surface area contributed by atoms with Gasteiger partial charge >= 0.3 is 0 Å². The molecule has 5 heteroatoms. The summed E-state index contributed by atoms with van der Waals surface area (Å²) in [6.45, 7) is 14.9. The maximum absolute atomic E-state index is 4.43. The SMILES string of the molecule is CCC(C)=C/C=C\C=C(/C)CNCN(CCNCc1ccccn1)Cc1ccc(CN2CC=C(c3ccccc3)CC2)cc1. The number of rotatable bonds is 17. The quantitative estimate of drug-likeness (QED) is 0.0978. The molecule has 1 aliphatic rings. The first kappa shape index (κ1) is 33.3. The van der Waals surface area contributed by atoms with Crippen LogP contribution in [0.25, 0.3) is 5.57 Å². The van der Waals surface area contributed by atoms with Crippen LogP contribution in [0.5, 0.6) is 0 Å². The molecule has 4 rings (SSSR count). The van der Waals surface area contributed by atoms with Crippen LogP contribution in [0.2, 0.25) is 0 Å². The molecule has 2 heterocycles. The molecule has 5 nitrogen and oxygen atoms in total. The van der Waals surface area contributed by atoms with Crippen molar-refractivity contribution in [3.05, 3.63) is 143 Å². The molecule has 0 aliphatic carbocycles. The fourth-order valence-electron chi connectivity index (χ4n) is 5.23. The molecule has 3 aromatic rings. The molecule has 0 amide bonds. The zero-order chi connectivity index (χ0) is 30.8. The third-order valence-electron chi connectivity index (χ3n) is 8.08. The van der Waals surface area contributed by atoms with Gasteiger partial charge in [0.15, 0.2) is 0 Å². The fraction of sp³-hybridized carbons (Fsp3) is 0.359. The molecule has 0 unspecified atom stereocenters. The van der Waals surface area contributed by atoms with Crippen molar-refractivity contribution in [1.29, 1.82) is 0 Å². The van der Waals surface area contributed by atoms with Gasteiger partial charge in [0.2, 0.25) is 0 Å². The van der Waals surface area contributed by atoms with Crippen LogP contribution in [-0.2, 0) is 19.6 Å². The van der Waals surface area contributed by atoms with Gasteiger partial charge in [0.1, 0.15) is 0 Å². The lowest BCUT2D eigenvalue weighted by Gasteiger charge is -2.27. The topological polar surface area (TPSA) is 43.4 Å². The number of nitrogens with zero attached hydrogens (tertiary/aromatic N) is 3. The number of allylic oxidation sites excluding steroid dienone is 5. The normalized spacial score (nSPS) is 14.9. The molecule has 2 N–H and O–H groups in total. The Balaban J connectivity index is 1.27. The molecule has 0 saturated heterocycles. The summed E-state index contributed by atoms with van der Waals surface area (Å²) in [6.07, 6.45) is 15.1. The molecule has 2 aromatic carbocycles. The van der Waals surface area contributed by atoms with E-state index in [1.54, 1.807) is 0 Å². The van der Waals surface area contributed by atoms with Crippen LogP contribution in [0.3, 0.4) is 0 Å². The van der Waals surface area contributed by atoms with Crippen molar-refractivity contribution >= 4 is 5.57 Å². The van der Waals surface area contributed by atoms with E-state index in [0.29, 0.717) is 0 Å². The smallest absolute Gasteiger partial charge is 0.0541 e. The van der Waals surface area contributed by atoms with E-state index in [1.165, 1.54) is 33.4 Å². The zero-order valence-electron chi connectivity index (χ0n) is 27.0. The third kappa shape index (κ3) is 12.2. The second kappa shape index (κ2) is 18.9. The molecule has 0 fully saturated rings. The molecular formula is C39H51N5. The van der Waals surface area contributed by atoms with Gasteiger partial charge in [-0.2, -0.15) is 0 Å². The highest BCUT2D eigenvalue weighted by molar-refractivity contribution is 5.66. The van der Waals surface area contributed by atoms with Gasteiger partial charge in [0.05, 0.1) is 5.69 Å². The minimum Gasteiger partial charge on any atom is -0.310 e. The molecule has 0 saturated carbocycles. The highest BCUT2D eigenvalue weighted by atomic mass is 15.2. The number of hydrogen-bond donors (Lipinski definition) is 2. The number of pyridine rings is 1. The van der Waals surface area contributed by atoms with E-state index in [-0.39, 0.29) is 0 Å². The molecular weight excluding hydrogens is 538 g/mol. The number of aromatic nitrogens is 1. The number of benzene rings is 2. The van der Waals surface area contributed by atoms with Crippen molar-refractivity contribution in [2.45, 2.75) is 53.2 Å². The Labute approximate surface area is 266 Å². The summed E-state index contributed by atoms with van der Waals surface area (Å²) in [7, 11) is 0. The van der Waals surface area contributed by atoms with Gasteiger partial charge in [-0.3, -0.25) is 14.8 Å². The Morgan fingerprint density at radius 2 is 1.64 bits per heavy atom. The summed E-state index contributed by atoms with van der Waals surface area (Å²) in [5, 5.41) is 7.23. The maximum atomic E-state index is 4.43. The predicted molar refractivity (Wildman–Crippen MR) is 187 cm³/mol. The first-order valence-corrected chi connectivity index (χ1v) is 16.2. The van der Waals surface area contributed by atoms with E-state index in [1.807, 2.05) is 18.3 Å². The van der Waals surface area contributed by atoms with Gasteiger partial charge in [-0.1, -0.05) is 109 Å². The number of hydrogen-bond acceptors (Lipinski definition) is 5. The fourth-order valence-corrected chi connectivity index (χ4v) is 5.23. The lowest BCUT2D eigenvalue weighted by Crippen LogP contribution is -2.38. The van der Waals surface area contributed by atoms with Gasteiger partial charge in [-0.05, 0) is 61.1 Å². The molecule has 1 aliphatic heterocycles. The van der Waals surface area contributed by atoms with Gasteiger partial charge in [0.25, 0.3) is 0 Å². The Hall–Kier alpha value is -3.61. The lowest BCUT2D eigenvalue weighted by atomic mass is 9.99. The molecule has 1 aromatic heterocycles. The van der Waals surface area contributed by atoms with Crippen molar-refractivity contribution in [3.63, 3.8) is 0 Å². The van der Waals surface area contributed by atoms with Crippen LogP contribution in [0.15, 0.2) is 121 Å². The maximum Gasteiger partial charge on any atom is 0.0541 e. The minimum absolute atomic E-state index is 0.787. The van der Waals surface area contributed by atoms with E-state index in [9.17, 15) is 0 Å². The Morgan fingerprint density at radius 1 is 0.886 bits per heavy atom. The van der Waals surface area contributed by atoms with E-state index >= 15 is 0 Å². The first-order valence-electron chi connectivity index (χ1n) is 16.2. The summed E-state index contributed by atoms with van der Waals surface area (Å²) in [5.74, 6) is 0. The summed E-state index contributed by atoms with van der Waals surface area (Å²) in [4.78, 5) is 9.46. The highest BCUT2D eigenvalue weighted by Crippen LogP contribution is 2.23. The van der Waals surface area contributed by atoms with Crippen molar-refractivity contribution in [3.8, 4) is 0 Å². The van der Waals surface area contributed by atoms with E-state index in [0.717, 1.165) is 77.6 Å². The van der Waals surface area contributed by atoms with Gasteiger partial charge in [-0.25, -0.2) is 0 Å². The van der Waals surface area contributed by atoms with Gasteiger partial charge in [-0.15, -0.1) is 0 Å².